The second-order valence-electron chi connectivity index (χ2n) is 6.66. The Morgan fingerprint density at radius 2 is 1.74 bits per heavy atom. The lowest BCUT2D eigenvalue weighted by Crippen LogP contribution is -2.55. The van der Waals surface area contributed by atoms with E-state index in [9.17, 15) is 4.79 Å². The van der Waals surface area contributed by atoms with Crippen molar-refractivity contribution in [1.82, 2.24) is 0 Å². The van der Waals surface area contributed by atoms with Gasteiger partial charge in [-0.3, -0.25) is 0 Å². The number of carbonyl (C=O) groups excluding carboxylic acids is 1. The SMILES string of the molecule is C=C(C)C(=O)O[Si](C(C)C)(C(C)CC)C(C)(C)CC. The van der Waals surface area contributed by atoms with E-state index in [2.05, 4.69) is 55.0 Å². The molecular formula is C16H32O2Si. The lowest BCUT2D eigenvalue weighted by atomic mass is 10.1. The molecule has 3 heteroatoms. The fraction of sp³-hybridized carbons (Fsp3) is 0.812. The first-order chi connectivity index (χ1) is 8.56. The van der Waals surface area contributed by atoms with Crippen molar-refractivity contribution >= 4 is 14.3 Å². The molecule has 19 heavy (non-hydrogen) atoms. The van der Waals surface area contributed by atoms with Crippen molar-refractivity contribution in [3.8, 4) is 0 Å². The highest BCUT2D eigenvalue weighted by molar-refractivity contribution is 6.80. The average molecular weight is 285 g/mol. The molecule has 0 fully saturated rings. The van der Waals surface area contributed by atoms with Crippen LogP contribution in [0.4, 0.5) is 0 Å². The molecule has 2 unspecified atom stereocenters. The molecule has 0 heterocycles. The average Bonchev–Trinajstić information content (AvgIpc) is 2.33. The molecule has 0 saturated heterocycles. The smallest absolute Gasteiger partial charge is 0.319 e. The Hall–Kier alpha value is -0.573. The maximum absolute atomic E-state index is 12.2. The fourth-order valence-corrected chi connectivity index (χ4v) is 9.58. The van der Waals surface area contributed by atoms with Gasteiger partial charge in [0.15, 0.2) is 0 Å². The van der Waals surface area contributed by atoms with Gasteiger partial charge in [-0.25, -0.2) is 4.79 Å². The largest absolute Gasteiger partial charge is 0.515 e. The molecular weight excluding hydrogens is 252 g/mol. The van der Waals surface area contributed by atoms with Crippen LogP contribution in [0.25, 0.3) is 0 Å². The van der Waals surface area contributed by atoms with Crippen LogP contribution in [0.3, 0.4) is 0 Å². The van der Waals surface area contributed by atoms with Crippen LogP contribution in [-0.2, 0) is 9.22 Å². The van der Waals surface area contributed by atoms with Crippen LogP contribution in [0.2, 0.25) is 16.1 Å². The number of rotatable bonds is 7. The second-order valence-corrected chi connectivity index (χ2v) is 11.9. The van der Waals surface area contributed by atoms with E-state index >= 15 is 0 Å². The highest BCUT2D eigenvalue weighted by Crippen LogP contribution is 2.54. The van der Waals surface area contributed by atoms with Crippen molar-refractivity contribution in [1.29, 1.82) is 0 Å². The molecule has 0 aromatic heterocycles. The monoisotopic (exact) mass is 284 g/mol. The van der Waals surface area contributed by atoms with Crippen LogP contribution in [0.15, 0.2) is 12.2 Å². The molecule has 0 aliphatic heterocycles. The van der Waals surface area contributed by atoms with Gasteiger partial charge in [0.05, 0.1) is 0 Å². The van der Waals surface area contributed by atoms with Gasteiger partial charge < -0.3 is 4.43 Å². The summed E-state index contributed by atoms with van der Waals surface area (Å²) >= 11 is 0. The van der Waals surface area contributed by atoms with Crippen LogP contribution in [0.1, 0.15) is 68.2 Å². The Morgan fingerprint density at radius 3 is 2.00 bits per heavy atom. The lowest BCUT2D eigenvalue weighted by Gasteiger charge is -2.49. The van der Waals surface area contributed by atoms with E-state index in [1.807, 2.05) is 0 Å². The minimum absolute atomic E-state index is 0.0711. The molecule has 0 spiro atoms. The molecule has 112 valence electrons. The number of hydrogen-bond acceptors (Lipinski definition) is 2. The van der Waals surface area contributed by atoms with Crippen LogP contribution < -0.4 is 0 Å². The van der Waals surface area contributed by atoms with Crippen molar-refractivity contribution in [2.45, 2.75) is 84.4 Å². The van der Waals surface area contributed by atoms with Crippen LogP contribution in [0.5, 0.6) is 0 Å². The Bertz CT molecular complexity index is 334. The van der Waals surface area contributed by atoms with Crippen molar-refractivity contribution in [3.05, 3.63) is 12.2 Å². The molecule has 0 radical (unpaired) electrons. The summed E-state index contributed by atoms with van der Waals surface area (Å²) in [6.45, 7) is 21.0. The van der Waals surface area contributed by atoms with Gasteiger partial charge in [0.1, 0.15) is 0 Å². The lowest BCUT2D eigenvalue weighted by molar-refractivity contribution is -0.131. The zero-order chi connectivity index (χ0) is 15.4. The predicted molar refractivity (Wildman–Crippen MR) is 85.8 cm³/mol. The zero-order valence-electron chi connectivity index (χ0n) is 14.1. The predicted octanol–water partition coefficient (Wildman–Crippen LogP) is 5.45. The normalized spacial score (nSPS) is 16.9. The number of hydrogen-bond donors (Lipinski definition) is 0. The van der Waals surface area contributed by atoms with Gasteiger partial charge >= 0.3 is 5.97 Å². The molecule has 0 bridgehead atoms. The fourth-order valence-electron chi connectivity index (χ4n) is 3.19. The third-order valence-corrected chi connectivity index (χ3v) is 11.3. The quantitative estimate of drug-likeness (QED) is 0.459. The first-order valence-electron chi connectivity index (χ1n) is 7.45. The van der Waals surface area contributed by atoms with E-state index in [1.165, 1.54) is 0 Å². The highest BCUT2D eigenvalue weighted by atomic mass is 28.4. The van der Waals surface area contributed by atoms with Gasteiger partial charge in [-0.15, -0.1) is 0 Å². The molecule has 0 aliphatic carbocycles. The molecule has 2 atom stereocenters. The zero-order valence-corrected chi connectivity index (χ0v) is 15.1. The second kappa shape index (κ2) is 6.73. The Balaban J connectivity index is 5.79. The third kappa shape index (κ3) is 3.50. The summed E-state index contributed by atoms with van der Waals surface area (Å²) in [6, 6.07) is 0. The topological polar surface area (TPSA) is 26.3 Å². The van der Waals surface area contributed by atoms with E-state index < -0.39 is 8.32 Å². The first-order valence-corrected chi connectivity index (χ1v) is 9.51. The van der Waals surface area contributed by atoms with E-state index in [0.717, 1.165) is 12.8 Å². The van der Waals surface area contributed by atoms with Gasteiger partial charge in [-0.2, -0.15) is 0 Å². The minimum Gasteiger partial charge on any atom is -0.515 e. The third-order valence-electron chi connectivity index (χ3n) is 4.75. The Labute approximate surface area is 120 Å². The van der Waals surface area contributed by atoms with E-state index in [-0.39, 0.29) is 11.0 Å². The van der Waals surface area contributed by atoms with Gasteiger partial charge in [-0.1, -0.05) is 67.9 Å². The summed E-state index contributed by atoms with van der Waals surface area (Å²) in [5, 5.41) is 0.0711. The summed E-state index contributed by atoms with van der Waals surface area (Å²) in [4.78, 5) is 12.2. The van der Waals surface area contributed by atoms with Crippen molar-refractivity contribution in [2.24, 2.45) is 0 Å². The van der Waals surface area contributed by atoms with Gasteiger partial charge in [0.25, 0.3) is 8.32 Å². The van der Waals surface area contributed by atoms with Crippen LogP contribution in [0, 0.1) is 0 Å². The van der Waals surface area contributed by atoms with Gasteiger partial charge in [-0.05, 0) is 23.0 Å². The summed E-state index contributed by atoms with van der Waals surface area (Å²) < 4.78 is 6.17. The molecule has 0 aromatic carbocycles. The standard InChI is InChI=1S/C16H32O2Si/c1-10-14(7)19(13(5)6,16(8,9)11-2)18-15(17)12(3)4/h13-14H,3,10-11H2,1-2,4-9H3. The summed E-state index contributed by atoms with van der Waals surface area (Å²) in [5.41, 5.74) is 1.36. The Morgan fingerprint density at radius 1 is 1.26 bits per heavy atom. The molecule has 0 N–H and O–H groups in total. The van der Waals surface area contributed by atoms with E-state index in [4.69, 9.17) is 4.43 Å². The molecule has 0 saturated carbocycles. The molecule has 0 aliphatic rings. The maximum atomic E-state index is 12.2. The molecule has 2 nitrogen and oxygen atoms in total. The summed E-state index contributed by atoms with van der Waals surface area (Å²) in [6.07, 6.45) is 2.09. The van der Waals surface area contributed by atoms with Crippen molar-refractivity contribution in [3.63, 3.8) is 0 Å². The summed E-state index contributed by atoms with van der Waals surface area (Å²) in [7, 11) is -2.24. The van der Waals surface area contributed by atoms with E-state index in [1.54, 1.807) is 6.92 Å². The summed E-state index contributed by atoms with van der Waals surface area (Å²) in [5.74, 6) is -0.206. The van der Waals surface area contributed by atoms with Crippen LogP contribution >= 0.6 is 0 Å². The van der Waals surface area contributed by atoms with E-state index in [0.29, 0.717) is 16.7 Å². The molecule has 0 aromatic rings. The van der Waals surface area contributed by atoms with Gasteiger partial charge in [0.2, 0.25) is 0 Å². The van der Waals surface area contributed by atoms with Gasteiger partial charge in [0, 0.05) is 5.57 Å². The van der Waals surface area contributed by atoms with Crippen molar-refractivity contribution in [2.75, 3.05) is 0 Å². The maximum Gasteiger partial charge on any atom is 0.319 e. The molecule has 0 amide bonds. The molecule has 0 rings (SSSR count). The highest BCUT2D eigenvalue weighted by Gasteiger charge is 2.56. The first kappa shape index (κ1) is 18.4. The van der Waals surface area contributed by atoms with Crippen LogP contribution in [-0.4, -0.2) is 14.3 Å². The minimum atomic E-state index is -2.24. The Kier molecular flexibility index (Phi) is 6.53. The number of carbonyl (C=O) groups is 1. The van der Waals surface area contributed by atoms with Crippen molar-refractivity contribution < 1.29 is 9.22 Å².